The van der Waals surface area contributed by atoms with E-state index in [0.717, 1.165) is 5.56 Å². The Kier molecular flexibility index (Phi) is 3.64. The van der Waals surface area contributed by atoms with E-state index < -0.39 is 5.91 Å². The highest BCUT2D eigenvalue weighted by atomic mass is 16.5. The molecule has 0 fully saturated rings. The van der Waals surface area contributed by atoms with Crippen LogP contribution in [-0.4, -0.2) is 21.1 Å². The highest BCUT2D eigenvalue weighted by molar-refractivity contribution is 5.91. The van der Waals surface area contributed by atoms with Gasteiger partial charge in [0.15, 0.2) is 0 Å². The number of hydrogen-bond donors (Lipinski definition) is 2. The molecule has 0 aliphatic carbocycles. The van der Waals surface area contributed by atoms with Gasteiger partial charge in [-0.1, -0.05) is 11.8 Å². The van der Waals surface area contributed by atoms with E-state index in [1.165, 1.54) is 17.7 Å². The summed E-state index contributed by atoms with van der Waals surface area (Å²) < 4.78 is 0. The summed E-state index contributed by atoms with van der Waals surface area (Å²) >= 11 is 0. The Bertz CT molecular complexity index is 615. The molecule has 2 aromatic rings. The van der Waals surface area contributed by atoms with Crippen LogP contribution in [0.4, 0.5) is 0 Å². The zero-order valence-corrected chi connectivity index (χ0v) is 9.29. The molecule has 0 saturated heterocycles. The maximum absolute atomic E-state index is 11.2. The van der Waals surface area contributed by atoms with Gasteiger partial charge in [0, 0.05) is 29.7 Å². The number of rotatable bonds is 1. The topological polar surface area (TPSA) is 75.1 Å². The van der Waals surface area contributed by atoms with Crippen LogP contribution in [0.3, 0.4) is 0 Å². The number of nitrogens with one attached hydrogen (secondary N) is 1. The van der Waals surface area contributed by atoms with Gasteiger partial charge >= 0.3 is 0 Å². The van der Waals surface area contributed by atoms with E-state index in [1.807, 2.05) is 0 Å². The van der Waals surface area contributed by atoms with Crippen molar-refractivity contribution in [2.75, 3.05) is 0 Å². The first-order valence-corrected chi connectivity index (χ1v) is 5.12. The molecule has 2 heterocycles. The lowest BCUT2D eigenvalue weighted by atomic mass is 10.2. The molecule has 0 radical (unpaired) electrons. The fourth-order valence-corrected chi connectivity index (χ4v) is 1.27. The largest absolute Gasteiger partial charge is 0.293 e. The van der Waals surface area contributed by atoms with Crippen LogP contribution < -0.4 is 5.48 Å². The second-order valence-corrected chi connectivity index (χ2v) is 3.36. The molecule has 2 rings (SSSR count). The van der Waals surface area contributed by atoms with Crippen LogP contribution in [-0.2, 0) is 0 Å². The summed E-state index contributed by atoms with van der Waals surface area (Å²) in [5, 5.41) is 8.50. The molecule has 0 aromatic carbocycles. The predicted octanol–water partition coefficient (Wildman–Crippen LogP) is 0.995. The lowest BCUT2D eigenvalue weighted by Gasteiger charge is -1.97. The van der Waals surface area contributed by atoms with Crippen molar-refractivity contribution in [3.63, 3.8) is 0 Å². The lowest BCUT2D eigenvalue weighted by molar-refractivity contribution is 0.0700. The van der Waals surface area contributed by atoms with E-state index in [1.54, 1.807) is 30.6 Å². The van der Waals surface area contributed by atoms with Gasteiger partial charge in [0.1, 0.15) is 5.69 Å². The van der Waals surface area contributed by atoms with Gasteiger partial charge in [0.25, 0.3) is 5.91 Å². The van der Waals surface area contributed by atoms with Crippen molar-refractivity contribution < 1.29 is 10.0 Å². The minimum absolute atomic E-state index is 0.110. The first kappa shape index (κ1) is 11.8. The second kappa shape index (κ2) is 5.57. The Hall–Kier alpha value is -2.71. The van der Waals surface area contributed by atoms with Crippen molar-refractivity contribution in [3.8, 4) is 11.8 Å². The molecule has 0 spiro atoms. The number of nitrogens with zero attached hydrogens (tertiary/aromatic N) is 2. The molecule has 88 valence electrons. The average Bonchev–Trinajstić information content (AvgIpc) is 2.45. The third kappa shape index (κ3) is 2.90. The van der Waals surface area contributed by atoms with E-state index in [4.69, 9.17) is 5.21 Å². The van der Waals surface area contributed by atoms with Crippen LogP contribution in [0, 0.1) is 11.8 Å². The SMILES string of the molecule is O=C(NO)c1cc(C#Cc2ccncc2)ccn1. The number of carbonyl (C=O) groups is 1. The van der Waals surface area contributed by atoms with Crippen molar-refractivity contribution in [1.29, 1.82) is 0 Å². The molecular weight excluding hydrogens is 230 g/mol. The molecule has 2 N–H and O–H groups in total. The zero-order valence-electron chi connectivity index (χ0n) is 9.29. The smallest absolute Gasteiger partial charge is 0.288 e. The van der Waals surface area contributed by atoms with Gasteiger partial charge in [-0.2, -0.15) is 0 Å². The molecule has 18 heavy (non-hydrogen) atoms. The Morgan fingerprint density at radius 1 is 1.11 bits per heavy atom. The zero-order chi connectivity index (χ0) is 12.8. The summed E-state index contributed by atoms with van der Waals surface area (Å²) in [6, 6.07) is 6.76. The van der Waals surface area contributed by atoms with E-state index in [9.17, 15) is 4.79 Å². The van der Waals surface area contributed by atoms with Gasteiger partial charge < -0.3 is 0 Å². The molecule has 0 bridgehead atoms. The molecule has 0 unspecified atom stereocenters. The third-order valence-corrected chi connectivity index (χ3v) is 2.13. The van der Waals surface area contributed by atoms with E-state index >= 15 is 0 Å². The lowest BCUT2D eigenvalue weighted by Crippen LogP contribution is -2.19. The Labute approximate surface area is 103 Å². The Morgan fingerprint density at radius 3 is 2.50 bits per heavy atom. The summed E-state index contributed by atoms with van der Waals surface area (Å²) in [6.07, 6.45) is 4.77. The summed E-state index contributed by atoms with van der Waals surface area (Å²) in [4.78, 5) is 18.9. The summed E-state index contributed by atoms with van der Waals surface area (Å²) in [5.74, 6) is 5.17. The molecule has 5 nitrogen and oxygen atoms in total. The monoisotopic (exact) mass is 239 g/mol. The number of amides is 1. The van der Waals surface area contributed by atoms with Crippen molar-refractivity contribution in [1.82, 2.24) is 15.4 Å². The van der Waals surface area contributed by atoms with Gasteiger partial charge in [-0.25, -0.2) is 5.48 Å². The number of aromatic nitrogens is 2. The van der Waals surface area contributed by atoms with Crippen LogP contribution in [0.2, 0.25) is 0 Å². The van der Waals surface area contributed by atoms with Crippen LogP contribution in [0.25, 0.3) is 0 Å². The average molecular weight is 239 g/mol. The summed E-state index contributed by atoms with van der Waals surface area (Å²) in [7, 11) is 0. The molecule has 5 heteroatoms. The van der Waals surface area contributed by atoms with Gasteiger partial charge in [-0.3, -0.25) is 20.0 Å². The first-order valence-electron chi connectivity index (χ1n) is 5.12. The minimum Gasteiger partial charge on any atom is -0.288 e. The minimum atomic E-state index is -0.664. The van der Waals surface area contributed by atoms with E-state index in [-0.39, 0.29) is 5.69 Å². The number of carbonyl (C=O) groups excluding carboxylic acids is 1. The second-order valence-electron chi connectivity index (χ2n) is 3.36. The number of hydrogen-bond acceptors (Lipinski definition) is 4. The third-order valence-electron chi connectivity index (χ3n) is 2.13. The molecule has 1 amide bonds. The fourth-order valence-electron chi connectivity index (χ4n) is 1.27. The molecular formula is C13H9N3O2. The van der Waals surface area contributed by atoms with E-state index in [0.29, 0.717) is 5.56 Å². The molecule has 0 atom stereocenters. The number of hydroxylamine groups is 1. The summed E-state index contributed by atoms with van der Waals surface area (Å²) in [6.45, 7) is 0. The van der Waals surface area contributed by atoms with Crippen LogP contribution in [0.15, 0.2) is 42.9 Å². The van der Waals surface area contributed by atoms with Gasteiger partial charge in [-0.15, -0.1) is 0 Å². The standard InChI is InChI=1S/C13H9N3O2/c17-13(16-18)12-9-11(5-8-15-12)2-1-10-3-6-14-7-4-10/h3-9,18H,(H,16,17). The number of pyridine rings is 2. The molecule has 0 saturated carbocycles. The van der Waals surface area contributed by atoms with Crippen molar-refractivity contribution in [3.05, 3.63) is 59.7 Å². The maximum Gasteiger partial charge on any atom is 0.293 e. The first-order chi connectivity index (χ1) is 8.79. The van der Waals surface area contributed by atoms with Crippen molar-refractivity contribution in [2.45, 2.75) is 0 Å². The van der Waals surface area contributed by atoms with Crippen molar-refractivity contribution >= 4 is 5.91 Å². The van der Waals surface area contributed by atoms with Crippen LogP contribution in [0.5, 0.6) is 0 Å². The van der Waals surface area contributed by atoms with Crippen LogP contribution >= 0.6 is 0 Å². The van der Waals surface area contributed by atoms with Crippen LogP contribution in [0.1, 0.15) is 21.6 Å². The van der Waals surface area contributed by atoms with Gasteiger partial charge in [0.2, 0.25) is 0 Å². The maximum atomic E-state index is 11.2. The van der Waals surface area contributed by atoms with Crippen molar-refractivity contribution in [2.24, 2.45) is 0 Å². The predicted molar refractivity (Wildman–Crippen MR) is 63.7 cm³/mol. The highest BCUT2D eigenvalue weighted by Gasteiger charge is 2.04. The van der Waals surface area contributed by atoms with Gasteiger partial charge in [-0.05, 0) is 24.3 Å². The molecule has 0 aliphatic heterocycles. The Morgan fingerprint density at radius 2 is 1.78 bits per heavy atom. The van der Waals surface area contributed by atoms with Gasteiger partial charge in [0.05, 0.1) is 0 Å². The quantitative estimate of drug-likeness (QED) is 0.442. The normalized spacial score (nSPS) is 9.17. The fraction of sp³-hybridized carbons (Fsp3) is 0. The summed E-state index contributed by atoms with van der Waals surface area (Å²) in [5.41, 5.74) is 3.10. The molecule has 0 aliphatic rings. The molecule has 2 aromatic heterocycles. The van der Waals surface area contributed by atoms with E-state index in [2.05, 4.69) is 21.8 Å². The highest BCUT2D eigenvalue weighted by Crippen LogP contribution is 2.01. The Balaban J connectivity index is 2.25.